The molecule has 6 nitrogen and oxygen atoms in total. The number of guanidine groups is 1. The fourth-order valence-electron chi connectivity index (χ4n) is 1.92. The highest BCUT2D eigenvalue weighted by atomic mass is 15.6. The fourth-order valence-corrected chi connectivity index (χ4v) is 1.92. The zero-order valence-electron chi connectivity index (χ0n) is 13.9. The van der Waals surface area contributed by atoms with Gasteiger partial charge in [-0.2, -0.15) is 0 Å². The highest BCUT2D eigenvalue weighted by Crippen LogP contribution is 1.98. The van der Waals surface area contributed by atoms with Gasteiger partial charge < -0.3 is 5.32 Å². The first-order valence-electron chi connectivity index (χ1n) is 8.42. The predicted octanol–water partition coefficient (Wildman–Crippen LogP) is 2.05. The summed E-state index contributed by atoms with van der Waals surface area (Å²) in [6.07, 6.45) is 8.81. The molecule has 0 bridgehead atoms. The van der Waals surface area contributed by atoms with Crippen LogP contribution in [0.4, 0.5) is 0 Å². The standard InChI is InChI=1S/C15H32N6/c1-4-7-10-16-14-18-13-21(19-12-9-6-3)15(20-14)17-11-8-5-2/h13,15,17,19H,4-12H2,1-3H3,(H,16,20). The number of hydrazine groups is 1. The summed E-state index contributed by atoms with van der Waals surface area (Å²) in [4.78, 5) is 8.87. The van der Waals surface area contributed by atoms with Gasteiger partial charge in [-0.3, -0.25) is 15.3 Å². The molecule has 1 aliphatic rings. The average molecular weight is 296 g/mol. The molecule has 0 spiro atoms. The average Bonchev–Trinajstić information content (AvgIpc) is 2.50. The second kappa shape index (κ2) is 11.5. The molecule has 1 rings (SSSR count). The highest BCUT2D eigenvalue weighted by molar-refractivity contribution is 5.89. The van der Waals surface area contributed by atoms with Crippen LogP contribution in [0.25, 0.3) is 0 Å². The molecule has 1 atom stereocenters. The highest BCUT2D eigenvalue weighted by Gasteiger charge is 2.20. The molecule has 0 amide bonds. The van der Waals surface area contributed by atoms with Crippen LogP contribution in [0.1, 0.15) is 59.3 Å². The number of nitrogens with zero attached hydrogens (tertiary/aromatic N) is 3. The smallest absolute Gasteiger partial charge is 0.222 e. The van der Waals surface area contributed by atoms with Gasteiger partial charge in [-0.05, 0) is 25.8 Å². The molecule has 0 aromatic heterocycles. The molecular formula is C15H32N6. The van der Waals surface area contributed by atoms with E-state index in [1.54, 1.807) is 0 Å². The minimum Gasteiger partial charge on any atom is -0.321 e. The van der Waals surface area contributed by atoms with Crippen LogP contribution in [0.3, 0.4) is 0 Å². The Labute approximate surface area is 129 Å². The molecule has 3 N–H and O–H groups in total. The zero-order valence-corrected chi connectivity index (χ0v) is 13.9. The molecule has 0 aliphatic carbocycles. The summed E-state index contributed by atoms with van der Waals surface area (Å²) < 4.78 is 0. The molecule has 6 heteroatoms. The lowest BCUT2D eigenvalue weighted by Crippen LogP contribution is -2.63. The molecule has 0 radical (unpaired) electrons. The van der Waals surface area contributed by atoms with E-state index in [0.29, 0.717) is 0 Å². The van der Waals surface area contributed by atoms with Crippen LogP contribution in [0.15, 0.2) is 9.98 Å². The number of hydrogen-bond acceptors (Lipinski definition) is 4. The maximum absolute atomic E-state index is 4.50. The van der Waals surface area contributed by atoms with E-state index in [9.17, 15) is 0 Å². The van der Waals surface area contributed by atoms with Crippen molar-refractivity contribution in [3.63, 3.8) is 0 Å². The van der Waals surface area contributed by atoms with Crippen molar-refractivity contribution in [2.24, 2.45) is 9.98 Å². The van der Waals surface area contributed by atoms with Crippen molar-refractivity contribution in [2.45, 2.75) is 65.6 Å². The Morgan fingerprint density at radius 3 is 2.57 bits per heavy atom. The Kier molecular flexibility index (Phi) is 9.82. The minimum absolute atomic E-state index is 0.0197. The van der Waals surface area contributed by atoms with Crippen LogP contribution in [0.2, 0.25) is 0 Å². The lowest BCUT2D eigenvalue weighted by atomic mass is 10.3. The largest absolute Gasteiger partial charge is 0.321 e. The molecule has 0 fully saturated rings. The van der Waals surface area contributed by atoms with Gasteiger partial charge in [0.1, 0.15) is 6.34 Å². The van der Waals surface area contributed by atoms with Gasteiger partial charge in [0.2, 0.25) is 5.96 Å². The topological polar surface area (TPSA) is 64.0 Å². The quantitative estimate of drug-likeness (QED) is 0.511. The number of hydrogen-bond donors (Lipinski definition) is 3. The lowest BCUT2D eigenvalue weighted by Gasteiger charge is -2.34. The summed E-state index contributed by atoms with van der Waals surface area (Å²) in [6.45, 7) is 9.34. The van der Waals surface area contributed by atoms with Crippen molar-refractivity contribution in [2.75, 3.05) is 19.6 Å². The van der Waals surface area contributed by atoms with Crippen molar-refractivity contribution in [3.8, 4) is 0 Å². The summed E-state index contributed by atoms with van der Waals surface area (Å²) >= 11 is 0. The molecule has 1 heterocycles. The van der Waals surface area contributed by atoms with E-state index in [0.717, 1.165) is 44.9 Å². The van der Waals surface area contributed by atoms with Crippen molar-refractivity contribution < 1.29 is 0 Å². The molecule has 21 heavy (non-hydrogen) atoms. The van der Waals surface area contributed by atoms with Gasteiger partial charge in [0.05, 0.1) is 0 Å². The molecule has 0 saturated heterocycles. The summed E-state index contributed by atoms with van der Waals surface area (Å²) in [6, 6.07) is 0. The first-order chi connectivity index (χ1) is 10.3. The van der Waals surface area contributed by atoms with Crippen LogP contribution in [-0.2, 0) is 0 Å². The summed E-state index contributed by atoms with van der Waals surface area (Å²) in [7, 11) is 0. The number of unbranched alkanes of at least 4 members (excludes halogenated alkanes) is 3. The minimum atomic E-state index is 0.0197. The number of aliphatic imine (C=N–C) groups is 2. The van der Waals surface area contributed by atoms with Crippen LogP contribution < -0.4 is 16.1 Å². The molecule has 122 valence electrons. The summed E-state index contributed by atoms with van der Waals surface area (Å²) in [5.74, 6) is 0.728. The van der Waals surface area contributed by atoms with Crippen molar-refractivity contribution in [1.29, 1.82) is 0 Å². The second-order valence-electron chi connectivity index (χ2n) is 5.33. The third-order valence-corrected chi connectivity index (χ3v) is 3.31. The van der Waals surface area contributed by atoms with Crippen molar-refractivity contribution in [3.05, 3.63) is 0 Å². The van der Waals surface area contributed by atoms with Crippen LogP contribution in [0.5, 0.6) is 0 Å². The lowest BCUT2D eigenvalue weighted by molar-refractivity contribution is 0.179. The van der Waals surface area contributed by atoms with E-state index < -0.39 is 0 Å². The van der Waals surface area contributed by atoms with E-state index in [-0.39, 0.29) is 6.29 Å². The van der Waals surface area contributed by atoms with E-state index in [2.05, 4.69) is 46.8 Å². The van der Waals surface area contributed by atoms with Gasteiger partial charge >= 0.3 is 0 Å². The first-order valence-corrected chi connectivity index (χ1v) is 8.42. The third-order valence-electron chi connectivity index (χ3n) is 3.31. The molecule has 1 aliphatic heterocycles. The van der Waals surface area contributed by atoms with Crippen LogP contribution in [0, 0.1) is 0 Å². The zero-order chi connectivity index (χ0) is 15.3. The van der Waals surface area contributed by atoms with Gasteiger partial charge in [0, 0.05) is 13.1 Å². The second-order valence-corrected chi connectivity index (χ2v) is 5.33. The Balaban J connectivity index is 2.53. The van der Waals surface area contributed by atoms with Gasteiger partial charge in [0.15, 0.2) is 6.29 Å². The van der Waals surface area contributed by atoms with E-state index in [1.807, 2.05) is 11.3 Å². The van der Waals surface area contributed by atoms with E-state index in [1.165, 1.54) is 19.3 Å². The van der Waals surface area contributed by atoms with E-state index in [4.69, 9.17) is 0 Å². The van der Waals surface area contributed by atoms with Gasteiger partial charge in [-0.1, -0.05) is 40.0 Å². The van der Waals surface area contributed by atoms with E-state index >= 15 is 0 Å². The van der Waals surface area contributed by atoms with Crippen molar-refractivity contribution in [1.82, 2.24) is 21.1 Å². The summed E-state index contributed by atoms with van der Waals surface area (Å²) in [5.41, 5.74) is 3.39. The predicted molar refractivity (Wildman–Crippen MR) is 90.3 cm³/mol. The Bertz CT molecular complexity index is 315. The maximum Gasteiger partial charge on any atom is 0.222 e. The third kappa shape index (κ3) is 7.43. The Hall–Kier alpha value is -1.14. The van der Waals surface area contributed by atoms with Gasteiger partial charge in [-0.15, -0.1) is 0 Å². The maximum atomic E-state index is 4.50. The SMILES string of the molecule is CCCCN=C1N=CN(NCCCC)C(NCCCC)N1. The molecule has 0 aromatic rings. The van der Waals surface area contributed by atoms with Gasteiger partial charge in [-0.25, -0.2) is 10.4 Å². The Morgan fingerprint density at radius 2 is 1.86 bits per heavy atom. The van der Waals surface area contributed by atoms with Crippen molar-refractivity contribution >= 4 is 12.3 Å². The molecule has 0 saturated carbocycles. The number of nitrogens with one attached hydrogen (secondary N) is 3. The fraction of sp³-hybridized carbons (Fsp3) is 0.867. The van der Waals surface area contributed by atoms with Crippen LogP contribution in [-0.4, -0.2) is 43.2 Å². The Morgan fingerprint density at radius 1 is 1.14 bits per heavy atom. The summed E-state index contributed by atoms with van der Waals surface area (Å²) in [5, 5.41) is 8.86. The molecule has 0 aromatic carbocycles. The van der Waals surface area contributed by atoms with Crippen LogP contribution >= 0.6 is 0 Å². The monoisotopic (exact) mass is 296 g/mol. The van der Waals surface area contributed by atoms with Gasteiger partial charge in [0.25, 0.3) is 0 Å². The molecule has 1 unspecified atom stereocenters. The normalized spacial score (nSPS) is 20.0. The first kappa shape index (κ1) is 17.9. The number of rotatable bonds is 11. The molecular weight excluding hydrogens is 264 g/mol.